The van der Waals surface area contributed by atoms with Crippen molar-refractivity contribution in [1.82, 2.24) is 5.32 Å². The van der Waals surface area contributed by atoms with Gasteiger partial charge in [0.15, 0.2) is 0 Å². The van der Waals surface area contributed by atoms with E-state index in [0.29, 0.717) is 19.4 Å². The Morgan fingerprint density at radius 1 is 1.30 bits per heavy atom. The molecule has 0 aromatic heterocycles. The first-order valence-corrected chi connectivity index (χ1v) is 6.84. The highest BCUT2D eigenvalue weighted by atomic mass is 16.4. The summed E-state index contributed by atoms with van der Waals surface area (Å²) in [5.74, 6) is -1.52. The maximum absolute atomic E-state index is 10.8. The average Bonchev–Trinajstić information content (AvgIpc) is 2.90. The van der Waals surface area contributed by atoms with Crippen LogP contribution in [0.1, 0.15) is 36.2 Å². The van der Waals surface area contributed by atoms with Crippen LogP contribution in [0.15, 0.2) is 24.3 Å². The zero-order valence-corrected chi connectivity index (χ0v) is 11.8. The number of carboxylic acids is 2. The SMILES string of the molecule is CC.O=C(O)c1cccc(C[C@H]2CN[C@H](C(=O)O)C2)c1. The molecule has 0 saturated carbocycles. The normalized spacial score (nSPS) is 20.9. The van der Waals surface area contributed by atoms with Crippen molar-refractivity contribution in [2.24, 2.45) is 5.92 Å². The fourth-order valence-electron chi connectivity index (χ4n) is 2.32. The van der Waals surface area contributed by atoms with Crippen LogP contribution in [0.5, 0.6) is 0 Å². The van der Waals surface area contributed by atoms with Gasteiger partial charge in [-0.3, -0.25) is 4.79 Å². The van der Waals surface area contributed by atoms with Gasteiger partial charge in [-0.05, 0) is 43.0 Å². The van der Waals surface area contributed by atoms with Crippen LogP contribution >= 0.6 is 0 Å². The van der Waals surface area contributed by atoms with E-state index in [9.17, 15) is 9.59 Å². The standard InChI is InChI=1S/C13H15NO4.C2H6/c15-12(16)10-3-1-2-8(5-10)4-9-6-11(13(17)18)14-7-9;1-2/h1-3,5,9,11,14H,4,6-7H2,(H,15,16)(H,17,18);1-2H3/t9-,11+;/m1./s1. The van der Waals surface area contributed by atoms with Crippen LogP contribution in [0.3, 0.4) is 0 Å². The number of aliphatic carboxylic acids is 1. The summed E-state index contributed by atoms with van der Waals surface area (Å²) >= 11 is 0. The molecule has 1 aliphatic heterocycles. The predicted molar refractivity (Wildman–Crippen MR) is 76.0 cm³/mol. The second-order valence-corrected chi connectivity index (χ2v) is 4.61. The van der Waals surface area contributed by atoms with Crippen molar-refractivity contribution in [2.45, 2.75) is 32.7 Å². The fourth-order valence-corrected chi connectivity index (χ4v) is 2.32. The molecular weight excluding hydrogens is 258 g/mol. The second-order valence-electron chi connectivity index (χ2n) is 4.61. The number of nitrogens with one attached hydrogen (secondary N) is 1. The van der Waals surface area contributed by atoms with Crippen LogP contribution in [-0.2, 0) is 11.2 Å². The Bertz CT molecular complexity index is 473. The molecule has 3 N–H and O–H groups in total. The van der Waals surface area contributed by atoms with Crippen LogP contribution < -0.4 is 5.32 Å². The van der Waals surface area contributed by atoms with Gasteiger partial charge in [0.2, 0.25) is 0 Å². The molecule has 20 heavy (non-hydrogen) atoms. The molecule has 2 rings (SSSR count). The van der Waals surface area contributed by atoms with Crippen molar-refractivity contribution < 1.29 is 19.8 Å². The van der Waals surface area contributed by atoms with E-state index in [2.05, 4.69) is 5.32 Å². The number of carboxylic acid groups (broad SMARTS) is 2. The van der Waals surface area contributed by atoms with E-state index in [1.54, 1.807) is 18.2 Å². The fraction of sp³-hybridized carbons (Fsp3) is 0.467. The van der Waals surface area contributed by atoms with Gasteiger partial charge in [-0.25, -0.2) is 4.79 Å². The van der Waals surface area contributed by atoms with Gasteiger partial charge < -0.3 is 15.5 Å². The summed E-state index contributed by atoms with van der Waals surface area (Å²) in [7, 11) is 0. The molecule has 1 fully saturated rings. The van der Waals surface area contributed by atoms with Gasteiger partial charge in [0.25, 0.3) is 0 Å². The minimum atomic E-state index is -0.940. The van der Waals surface area contributed by atoms with E-state index < -0.39 is 18.0 Å². The molecule has 0 aliphatic carbocycles. The highest BCUT2D eigenvalue weighted by molar-refractivity contribution is 5.87. The smallest absolute Gasteiger partial charge is 0.335 e. The number of rotatable bonds is 4. The molecule has 0 radical (unpaired) electrons. The van der Waals surface area contributed by atoms with Crippen LogP contribution in [0, 0.1) is 5.92 Å². The lowest BCUT2D eigenvalue weighted by molar-refractivity contribution is -0.139. The Hall–Kier alpha value is -1.88. The zero-order chi connectivity index (χ0) is 15.1. The van der Waals surface area contributed by atoms with Crippen molar-refractivity contribution >= 4 is 11.9 Å². The summed E-state index contributed by atoms with van der Waals surface area (Å²) in [6.45, 7) is 4.66. The number of hydrogen-bond donors (Lipinski definition) is 3. The van der Waals surface area contributed by atoms with Gasteiger partial charge in [0, 0.05) is 0 Å². The van der Waals surface area contributed by atoms with Crippen molar-refractivity contribution in [2.75, 3.05) is 6.54 Å². The first kappa shape index (κ1) is 16.2. The van der Waals surface area contributed by atoms with Gasteiger partial charge in [-0.15, -0.1) is 0 Å². The first-order chi connectivity index (χ1) is 9.56. The summed E-state index contributed by atoms with van der Waals surface area (Å²) in [5.41, 5.74) is 1.21. The Labute approximate surface area is 118 Å². The quantitative estimate of drug-likeness (QED) is 0.785. The Balaban J connectivity index is 0.000000956. The molecule has 0 bridgehead atoms. The maximum atomic E-state index is 10.8. The van der Waals surface area contributed by atoms with Crippen LogP contribution in [0.2, 0.25) is 0 Å². The zero-order valence-electron chi connectivity index (χ0n) is 11.8. The third-order valence-electron chi connectivity index (χ3n) is 3.22. The lowest BCUT2D eigenvalue weighted by Gasteiger charge is -2.08. The van der Waals surface area contributed by atoms with E-state index in [4.69, 9.17) is 10.2 Å². The third kappa shape index (κ3) is 4.35. The van der Waals surface area contributed by atoms with Crippen molar-refractivity contribution in [3.8, 4) is 0 Å². The average molecular weight is 279 g/mol. The van der Waals surface area contributed by atoms with Crippen molar-refractivity contribution in [1.29, 1.82) is 0 Å². The molecule has 1 aromatic carbocycles. The van der Waals surface area contributed by atoms with Gasteiger partial charge in [0.1, 0.15) is 6.04 Å². The minimum absolute atomic E-state index is 0.246. The Kier molecular flexibility index (Phi) is 6.18. The molecule has 0 spiro atoms. The van der Waals surface area contributed by atoms with E-state index in [0.717, 1.165) is 5.56 Å². The lowest BCUT2D eigenvalue weighted by Crippen LogP contribution is -2.29. The number of hydrogen-bond acceptors (Lipinski definition) is 3. The predicted octanol–water partition coefficient (Wildman–Crippen LogP) is 2.02. The molecule has 5 heteroatoms. The maximum Gasteiger partial charge on any atom is 0.335 e. The molecular formula is C15H21NO4. The van der Waals surface area contributed by atoms with Gasteiger partial charge in [-0.2, -0.15) is 0 Å². The molecule has 5 nitrogen and oxygen atoms in total. The summed E-state index contributed by atoms with van der Waals surface area (Å²) in [6, 6.07) is 6.32. The molecule has 1 heterocycles. The van der Waals surface area contributed by atoms with E-state index in [1.165, 1.54) is 0 Å². The van der Waals surface area contributed by atoms with E-state index in [1.807, 2.05) is 19.9 Å². The molecule has 1 aromatic rings. The Morgan fingerprint density at radius 3 is 2.55 bits per heavy atom. The van der Waals surface area contributed by atoms with Crippen molar-refractivity contribution in [3.05, 3.63) is 35.4 Å². The van der Waals surface area contributed by atoms with Crippen molar-refractivity contribution in [3.63, 3.8) is 0 Å². The number of carbonyl (C=O) groups is 2. The molecule has 1 saturated heterocycles. The summed E-state index contributed by atoms with van der Waals surface area (Å²) < 4.78 is 0. The summed E-state index contributed by atoms with van der Waals surface area (Å²) in [5, 5.41) is 20.7. The minimum Gasteiger partial charge on any atom is -0.480 e. The highest BCUT2D eigenvalue weighted by Crippen LogP contribution is 2.20. The van der Waals surface area contributed by atoms with Crippen LogP contribution in [-0.4, -0.2) is 34.7 Å². The monoisotopic (exact) mass is 279 g/mol. The van der Waals surface area contributed by atoms with E-state index >= 15 is 0 Å². The molecule has 0 unspecified atom stereocenters. The largest absolute Gasteiger partial charge is 0.480 e. The molecule has 2 atom stereocenters. The van der Waals surface area contributed by atoms with Gasteiger partial charge >= 0.3 is 11.9 Å². The van der Waals surface area contributed by atoms with Gasteiger partial charge in [-0.1, -0.05) is 26.0 Å². The number of aromatic carboxylic acids is 1. The van der Waals surface area contributed by atoms with Gasteiger partial charge in [0.05, 0.1) is 5.56 Å². The van der Waals surface area contributed by atoms with Crippen LogP contribution in [0.4, 0.5) is 0 Å². The summed E-state index contributed by atoms with van der Waals surface area (Å²) in [6.07, 6.45) is 1.30. The van der Waals surface area contributed by atoms with Crippen LogP contribution in [0.25, 0.3) is 0 Å². The van der Waals surface area contributed by atoms with E-state index in [-0.39, 0.29) is 11.5 Å². The molecule has 1 aliphatic rings. The molecule has 110 valence electrons. The highest BCUT2D eigenvalue weighted by Gasteiger charge is 2.29. The first-order valence-electron chi connectivity index (χ1n) is 6.84. The summed E-state index contributed by atoms with van der Waals surface area (Å²) in [4.78, 5) is 21.6. The third-order valence-corrected chi connectivity index (χ3v) is 3.22. The molecule has 0 amide bonds. The number of benzene rings is 1. The lowest BCUT2D eigenvalue weighted by atomic mass is 9.96. The Morgan fingerprint density at radius 2 is 2.00 bits per heavy atom. The topological polar surface area (TPSA) is 86.6 Å². The second kappa shape index (κ2) is 7.65.